The van der Waals surface area contributed by atoms with E-state index in [-0.39, 0.29) is 12.8 Å². The van der Waals surface area contributed by atoms with Crippen molar-refractivity contribution in [3.05, 3.63) is 0 Å². The topological polar surface area (TPSA) is 152 Å². The normalized spacial score (nSPS) is 27.2. The zero-order valence-electron chi connectivity index (χ0n) is 15.3. The van der Waals surface area contributed by atoms with E-state index in [9.17, 15) is 24.0 Å². The number of carboxylic acid groups (broad SMARTS) is 1. The minimum Gasteiger partial charge on any atom is -0.481 e. The number of hydrogen-bond donors (Lipinski definition) is 1. The molecule has 1 N–H and O–H groups in total. The number of carboxylic acids is 1. The van der Waals surface area contributed by atoms with Crippen molar-refractivity contribution in [3.8, 4) is 0 Å². The van der Waals surface area contributed by atoms with Crippen LogP contribution in [-0.4, -0.2) is 65.7 Å². The summed E-state index contributed by atoms with van der Waals surface area (Å²) in [6.45, 7) is 4.34. The quantitative estimate of drug-likeness (QED) is 0.459. The first-order valence-corrected chi connectivity index (χ1v) is 8.07. The summed E-state index contributed by atoms with van der Waals surface area (Å²) in [5.74, 6) is -4.25. The largest absolute Gasteiger partial charge is 0.481 e. The molecule has 5 atom stereocenters. The molecule has 1 heterocycles. The van der Waals surface area contributed by atoms with Crippen LogP contribution in [0.3, 0.4) is 0 Å². The van der Waals surface area contributed by atoms with Gasteiger partial charge in [0.05, 0.1) is 0 Å². The molecule has 0 aromatic rings. The molecule has 0 radical (unpaired) electrons. The molecule has 1 aliphatic heterocycles. The minimum atomic E-state index is -1.48. The molecule has 11 heteroatoms. The van der Waals surface area contributed by atoms with Crippen LogP contribution in [0.25, 0.3) is 0 Å². The third-order valence-electron chi connectivity index (χ3n) is 3.42. The number of carbonyl (C=O) groups excluding carboxylic acids is 4. The van der Waals surface area contributed by atoms with Crippen molar-refractivity contribution in [1.29, 1.82) is 0 Å². The van der Waals surface area contributed by atoms with Crippen LogP contribution < -0.4 is 0 Å². The van der Waals surface area contributed by atoms with E-state index in [1.54, 1.807) is 0 Å². The molecule has 11 nitrogen and oxygen atoms in total. The third kappa shape index (κ3) is 7.21. The van der Waals surface area contributed by atoms with E-state index in [0.29, 0.717) is 0 Å². The van der Waals surface area contributed by atoms with Gasteiger partial charge in [0.2, 0.25) is 12.4 Å². The Kier molecular flexibility index (Phi) is 8.16. The van der Waals surface area contributed by atoms with E-state index in [4.69, 9.17) is 28.8 Å². The van der Waals surface area contributed by atoms with Gasteiger partial charge in [-0.25, -0.2) is 0 Å². The van der Waals surface area contributed by atoms with Crippen molar-refractivity contribution in [1.82, 2.24) is 0 Å². The molecule has 0 aliphatic carbocycles. The van der Waals surface area contributed by atoms with Crippen molar-refractivity contribution < 1.29 is 52.8 Å². The highest BCUT2D eigenvalue weighted by Gasteiger charge is 2.53. The van der Waals surface area contributed by atoms with Crippen molar-refractivity contribution in [3.63, 3.8) is 0 Å². The Morgan fingerprint density at radius 1 is 0.741 bits per heavy atom. The summed E-state index contributed by atoms with van der Waals surface area (Å²) in [5, 5.41) is 8.90. The fourth-order valence-corrected chi connectivity index (χ4v) is 2.61. The van der Waals surface area contributed by atoms with Crippen LogP contribution in [-0.2, 0) is 47.7 Å². The zero-order valence-corrected chi connectivity index (χ0v) is 15.3. The first kappa shape index (κ1) is 22.4. The minimum absolute atomic E-state index is 0.143. The van der Waals surface area contributed by atoms with E-state index in [0.717, 1.165) is 27.7 Å². The molecule has 1 fully saturated rings. The fraction of sp³-hybridized carbons (Fsp3) is 0.688. The molecule has 0 unspecified atom stereocenters. The molecule has 0 aromatic carbocycles. The summed E-state index contributed by atoms with van der Waals surface area (Å²) in [5.41, 5.74) is 0. The van der Waals surface area contributed by atoms with Gasteiger partial charge in [0, 0.05) is 34.1 Å². The lowest BCUT2D eigenvalue weighted by Gasteiger charge is -2.43. The molecule has 152 valence electrons. The molecule has 27 heavy (non-hydrogen) atoms. The van der Waals surface area contributed by atoms with Crippen LogP contribution in [0.15, 0.2) is 0 Å². The van der Waals surface area contributed by atoms with E-state index >= 15 is 0 Å². The third-order valence-corrected chi connectivity index (χ3v) is 3.42. The molecule has 0 spiro atoms. The Morgan fingerprint density at radius 3 is 1.63 bits per heavy atom. The Bertz CT molecular complexity index is 599. The molecule has 0 aromatic heterocycles. The van der Waals surface area contributed by atoms with Gasteiger partial charge in [-0.05, 0) is 6.42 Å². The second-order valence-electron chi connectivity index (χ2n) is 5.81. The zero-order chi connectivity index (χ0) is 20.7. The summed E-state index contributed by atoms with van der Waals surface area (Å²) in [6, 6.07) is 0. The van der Waals surface area contributed by atoms with Crippen LogP contribution in [0.2, 0.25) is 0 Å². The van der Waals surface area contributed by atoms with E-state index in [2.05, 4.69) is 0 Å². The lowest BCUT2D eigenvalue weighted by atomic mass is 9.95. The van der Waals surface area contributed by atoms with Crippen molar-refractivity contribution in [2.45, 2.75) is 71.2 Å². The van der Waals surface area contributed by atoms with Crippen molar-refractivity contribution >= 4 is 29.8 Å². The maximum atomic E-state index is 11.5. The van der Waals surface area contributed by atoms with Gasteiger partial charge < -0.3 is 28.8 Å². The van der Waals surface area contributed by atoms with E-state index in [1.807, 2.05) is 0 Å². The number of aliphatic carboxylic acids is 1. The Morgan fingerprint density at radius 2 is 1.19 bits per heavy atom. The lowest BCUT2D eigenvalue weighted by molar-refractivity contribution is -0.296. The number of rotatable bonds is 7. The molecular formula is C16H22O11. The molecule has 0 bridgehead atoms. The predicted octanol–water partition coefficient (Wildman–Crippen LogP) is -0.0657. The highest BCUT2D eigenvalue weighted by atomic mass is 16.7. The van der Waals surface area contributed by atoms with Crippen molar-refractivity contribution in [2.24, 2.45) is 0 Å². The molecule has 1 rings (SSSR count). The van der Waals surface area contributed by atoms with Gasteiger partial charge in [0.15, 0.2) is 12.2 Å². The smallest absolute Gasteiger partial charge is 0.305 e. The number of esters is 4. The summed E-state index contributed by atoms with van der Waals surface area (Å²) in [6.07, 6.45) is -7.14. The van der Waals surface area contributed by atoms with Gasteiger partial charge in [-0.3, -0.25) is 24.0 Å². The summed E-state index contributed by atoms with van der Waals surface area (Å²) in [4.78, 5) is 56.7. The maximum absolute atomic E-state index is 11.5. The molecular weight excluding hydrogens is 368 g/mol. The lowest BCUT2D eigenvalue weighted by Crippen LogP contribution is -2.62. The maximum Gasteiger partial charge on any atom is 0.305 e. The molecule has 0 saturated carbocycles. The summed E-state index contributed by atoms with van der Waals surface area (Å²) >= 11 is 0. The van der Waals surface area contributed by atoms with Crippen LogP contribution in [0.1, 0.15) is 40.5 Å². The number of carbonyl (C=O) groups is 5. The van der Waals surface area contributed by atoms with Gasteiger partial charge >= 0.3 is 29.8 Å². The number of hydrogen-bond acceptors (Lipinski definition) is 10. The number of ether oxygens (including phenoxy) is 5. The monoisotopic (exact) mass is 390 g/mol. The molecule has 1 aliphatic rings. The van der Waals surface area contributed by atoms with E-state index < -0.39 is 60.6 Å². The van der Waals surface area contributed by atoms with E-state index in [1.165, 1.54) is 0 Å². The van der Waals surface area contributed by atoms with Crippen LogP contribution in [0.5, 0.6) is 0 Å². The van der Waals surface area contributed by atoms with Gasteiger partial charge in [0.1, 0.15) is 6.10 Å². The van der Waals surface area contributed by atoms with Crippen LogP contribution >= 0.6 is 0 Å². The average molecular weight is 390 g/mol. The highest BCUT2D eigenvalue weighted by molar-refractivity contribution is 5.69. The second kappa shape index (κ2) is 9.86. The predicted molar refractivity (Wildman–Crippen MR) is 84.0 cm³/mol. The van der Waals surface area contributed by atoms with Gasteiger partial charge in [-0.2, -0.15) is 0 Å². The Labute approximate surface area is 154 Å². The molecule has 1 saturated heterocycles. The summed E-state index contributed by atoms with van der Waals surface area (Å²) in [7, 11) is 0. The first-order valence-electron chi connectivity index (χ1n) is 8.07. The van der Waals surface area contributed by atoms with Crippen LogP contribution in [0.4, 0.5) is 0 Å². The fourth-order valence-electron chi connectivity index (χ4n) is 2.61. The van der Waals surface area contributed by atoms with Gasteiger partial charge in [-0.15, -0.1) is 0 Å². The Hall–Kier alpha value is -2.69. The Balaban J connectivity index is 3.29. The summed E-state index contributed by atoms with van der Waals surface area (Å²) < 4.78 is 25.9. The second-order valence-corrected chi connectivity index (χ2v) is 5.81. The highest BCUT2D eigenvalue weighted by Crippen LogP contribution is 2.31. The first-order chi connectivity index (χ1) is 12.5. The van der Waals surface area contributed by atoms with Gasteiger partial charge in [-0.1, -0.05) is 0 Å². The van der Waals surface area contributed by atoms with Crippen LogP contribution in [0, 0.1) is 0 Å². The average Bonchev–Trinajstić information content (AvgIpc) is 2.49. The van der Waals surface area contributed by atoms with Gasteiger partial charge in [0.25, 0.3) is 0 Å². The van der Waals surface area contributed by atoms with Crippen molar-refractivity contribution in [2.75, 3.05) is 0 Å². The molecule has 0 amide bonds. The SMILES string of the molecule is CC(=O)O[C@H]1O[C@H](CCC(=O)O)[C@@H](OC(C)=O)[C@H](OC(C)=O)[C@@H]1OC(C)=O. The standard InChI is InChI=1S/C16H22O11/c1-7(17)23-13-11(5-6-12(21)22)27-16(26-10(4)20)15(25-9(3)19)14(13)24-8(2)18/h11,13-16H,5-6H2,1-4H3,(H,21,22)/t11-,13-,14+,15+,16+/m1/s1.